The SMILES string of the molecule is NC(=O)c1cccnc1NC1CCC(n2cc(C3COC3)nn2)CC1. The minimum absolute atomic E-state index is 0.285. The third-order valence-electron chi connectivity index (χ3n) is 5.07. The molecule has 2 aromatic rings. The highest BCUT2D eigenvalue weighted by Gasteiger charge is 2.27. The van der Waals surface area contributed by atoms with E-state index < -0.39 is 5.91 Å². The molecule has 0 radical (unpaired) electrons. The molecule has 25 heavy (non-hydrogen) atoms. The highest BCUT2D eigenvalue weighted by molar-refractivity contribution is 5.97. The summed E-state index contributed by atoms with van der Waals surface area (Å²) in [5, 5.41) is 12.0. The standard InChI is InChI=1S/C17H22N6O2/c18-16(24)14-2-1-7-19-17(14)20-12-3-5-13(6-4-12)23-8-15(21-22-23)11-9-25-10-11/h1-2,7-8,11-13H,3-6,9-10H2,(H2,18,24)(H,19,20). The number of anilines is 1. The van der Waals surface area contributed by atoms with Crippen LogP contribution < -0.4 is 11.1 Å². The van der Waals surface area contributed by atoms with E-state index in [0.29, 0.717) is 23.3 Å². The van der Waals surface area contributed by atoms with Crippen molar-refractivity contribution >= 4 is 11.7 Å². The normalized spacial score (nSPS) is 23.8. The Bertz CT molecular complexity index is 749. The number of amides is 1. The number of primary amides is 1. The van der Waals surface area contributed by atoms with Crippen LogP contribution in [0.5, 0.6) is 0 Å². The molecule has 0 spiro atoms. The molecule has 3 N–H and O–H groups in total. The topological polar surface area (TPSA) is 108 Å². The van der Waals surface area contributed by atoms with Crippen molar-refractivity contribution in [1.29, 1.82) is 0 Å². The van der Waals surface area contributed by atoms with E-state index in [1.807, 2.05) is 4.68 Å². The fraction of sp³-hybridized carbons (Fsp3) is 0.529. The van der Waals surface area contributed by atoms with Crippen LogP contribution in [0.4, 0.5) is 5.82 Å². The maximum atomic E-state index is 11.5. The van der Waals surface area contributed by atoms with Crippen molar-refractivity contribution < 1.29 is 9.53 Å². The van der Waals surface area contributed by atoms with Crippen LogP contribution >= 0.6 is 0 Å². The van der Waals surface area contributed by atoms with Crippen LogP contribution in [0.15, 0.2) is 24.5 Å². The summed E-state index contributed by atoms with van der Waals surface area (Å²) < 4.78 is 7.22. The summed E-state index contributed by atoms with van der Waals surface area (Å²) in [7, 11) is 0. The van der Waals surface area contributed by atoms with Gasteiger partial charge in [0.2, 0.25) is 0 Å². The molecule has 0 unspecified atom stereocenters. The molecule has 1 saturated carbocycles. The van der Waals surface area contributed by atoms with E-state index in [2.05, 4.69) is 26.8 Å². The monoisotopic (exact) mass is 342 g/mol. The summed E-state index contributed by atoms with van der Waals surface area (Å²) in [6.07, 6.45) is 7.74. The molecule has 0 aromatic carbocycles. The Morgan fingerprint density at radius 1 is 1.28 bits per heavy atom. The van der Waals surface area contributed by atoms with Crippen LogP contribution in [0.25, 0.3) is 0 Å². The smallest absolute Gasteiger partial charge is 0.252 e. The molecule has 1 aliphatic carbocycles. The molecule has 2 aliphatic rings. The first kappa shape index (κ1) is 16.0. The number of nitrogens with two attached hydrogens (primary N) is 1. The summed E-state index contributed by atoms with van der Waals surface area (Å²) >= 11 is 0. The van der Waals surface area contributed by atoms with Gasteiger partial charge in [-0.2, -0.15) is 0 Å². The average Bonchev–Trinajstić information content (AvgIpc) is 3.03. The Morgan fingerprint density at radius 2 is 2.08 bits per heavy atom. The Morgan fingerprint density at radius 3 is 2.76 bits per heavy atom. The summed E-state index contributed by atoms with van der Waals surface area (Å²) in [6, 6.07) is 4.08. The Labute approximate surface area is 145 Å². The molecule has 4 rings (SSSR count). The quantitative estimate of drug-likeness (QED) is 0.852. The van der Waals surface area contributed by atoms with Crippen LogP contribution in [0, 0.1) is 0 Å². The lowest BCUT2D eigenvalue weighted by molar-refractivity contribution is 0.00665. The number of nitrogens with zero attached hydrogens (tertiary/aromatic N) is 4. The van der Waals surface area contributed by atoms with Gasteiger partial charge in [-0.05, 0) is 37.8 Å². The van der Waals surface area contributed by atoms with Gasteiger partial charge in [0, 0.05) is 18.4 Å². The number of hydrogen-bond acceptors (Lipinski definition) is 6. The van der Waals surface area contributed by atoms with Gasteiger partial charge in [-0.3, -0.25) is 4.79 Å². The lowest BCUT2D eigenvalue weighted by Gasteiger charge is -2.29. The van der Waals surface area contributed by atoms with Crippen LogP contribution in [-0.2, 0) is 4.74 Å². The number of hydrogen-bond donors (Lipinski definition) is 2. The van der Waals surface area contributed by atoms with E-state index in [-0.39, 0.29) is 6.04 Å². The second kappa shape index (κ2) is 6.79. The maximum Gasteiger partial charge on any atom is 0.252 e. The Hall–Kier alpha value is -2.48. The van der Waals surface area contributed by atoms with Gasteiger partial charge in [-0.1, -0.05) is 5.21 Å². The highest BCUT2D eigenvalue weighted by Crippen LogP contribution is 2.31. The lowest BCUT2D eigenvalue weighted by Crippen LogP contribution is -2.29. The third-order valence-corrected chi connectivity index (χ3v) is 5.07. The van der Waals surface area contributed by atoms with Gasteiger partial charge in [0.25, 0.3) is 5.91 Å². The molecular formula is C17H22N6O2. The zero-order valence-electron chi connectivity index (χ0n) is 14.0. The molecule has 1 amide bonds. The van der Waals surface area contributed by atoms with Gasteiger partial charge in [-0.15, -0.1) is 5.10 Å². The van der Waals surface area contributed by atoms with Crippen molar-refractivity contribution in [2.24, 2.45) is 5.73 Å². The van der Waals surface area contributed by atoms with Gasteiger partial charge in [0.05, 0.1) is 36.4 Å². The first-order chi connectivity index (χ1) is 12.2. The largest absolute Gasteiger partial charge is 0.380 e. The van der Waals surface area contributed by atoms with Crippen molar-refractivity contribution in [2.45, 2.75) is 43.7 Å². The number of aromatic nitrogens is 4. The molecule has 8 nitrogen and oxygen atoms in total. The first-order valence-corrected chi connectivity index (χ1v) is 8.71. The van der Waals surface area contributed by atoms with Crippen LogP contribution in [-0.4, -0.2) is 45.1 Å². The van der Waals surface area contributed by atoms with Gasteiger partial charge >= 0.3 is 0 Å². The highest BCUT2D eigenvalue weighted by atomic mass is 16.5. The summed E-state index contributed by atoms with van der Waals surface area (Å²) in [5.74, 6) is 0.522. The minimum atomic E-state index is -0.459. The second-order valence-corrected chi connectivity index (χ2v) is 6.77. The Kier molecular flexibility index (Phi) is 4.35. The first-order valence-electron chi connectivity index (χ1n) is 8.71. The number of nitrogens with one attached hydrogen (secondary N) is 1. The number of carbonyl (C=O) groups excluding carboxylic acids is 1. The van der Waals surface area contributed by atoms with Crippen molar-refractivity contribution in [3.63, 3.8) is 0 Å². The van der Waals surface area contributed by atoms with Gasteiger partial charge in [-0.25, -0.2) is 9.67 Å². The van der Waals surface area contributed by atoms with Gasteiger partial charge in [0.15, 0.2) is 0 Å². The lowest BCUT2D eigenvalue weighted by atomic mass is 9.91. The van der Waals surface area contributed by atoms with E-state index in [9.17, 15) is 4.79 Å². The van der Waals surface area contributed by atoms with Crippen LogP contribution in [0.3, 0.4) is 0 Å². The maximum absolute atomic E-state index is 11.5. The molecule has 2 aromatic heterocycles. The zero-order chi connectivity index (χ0) is 17.2. The van der Waals surface area contributed by atoms with E-state index >= 15 is 0 Å². The second-order valence-electron chi connectivity index (χ2n) is 6.77. The molecule has 2 fully saturated rings. The van der Waals surface area contributed by atoms with Crippen molar-refractivity contribution in [1.82, 2.24) is 20.0 Å². The van der Waals surface area contributed by atoms with Crippen molar-refractivity contribution in [2.75, 3.05) is 18.5 Å². The molecule has 3 heterocycles. The van der Waals surface area contributed by atoms with Crippen LogP contribution in [0.1, 0.15) is 53.7 Å². The van der Waals surface area contributed by atoms with E-state index in [1.54, 1.807) is 18.3 Å². The molecule has 0 atom stereocenters. The van der Waals surface area contributed by atoms with Crippen molar-refractivity contribution in [3.05, 3.63) is 35.8 Å². The predicted molar refractivity (Wildman–Crippen MR) is 91.3 cm³/mol. The summed E-state index contributed by atoms with van der Waals surface area (Å²) in [4.78, 5) is 15.8. The van der Waals surface area contributed by atoms with Gasteiger partial charge < -0.3 is 15.8 Å². The number of carbonyl (C=O) groups is 1. The summed E-state index contributed by atoms with van der Waals surface area (Å²) in [6.45, 7) is 1.50. The molecule has 1 saturated heterocycles. The molecule has 1 aliphatic heterocycles. The van der Waals surface area contributed by atoms with Gasteiger partial charge in [0.1, 0.15) is 5.82 Å². The fourth-order valence-electron chi connectivity index (χ4n) is 3.46. The predicted octanol–water partition coefficient (Wildman–Crippen LogP) is 1.48. The third kappa shape index (κ3) is 3.34. The number of pyridine rings is 1. The summed E-state index contributed by atoms with van der Waals surface area (Å²) in [5.41, 5.74) is 6.89. The molecule has 0 bridgehead atoms. The average molecular weight is 342 g/mol. The van der Waals surface area contributed by atoms with Crippen LogP contribution in [0.2, 0.25) is 0 Å². The van der Waals surface area contributed by atoms with E-state index in [4.69, 9.17) is 10.5 Å². The number of ether oxygens (including phenoxy) is 1. The van der Waals surface area contributed by atoms with Crippen molar-refractivity contribution in [3.8, 4) is 0 Å². The zero-order valence-corrected chi connectivity index (χ0v) is 14.0. The fourth-order valence-corrected chi connectivity index (χ4v) is 3.46. The van der Waals surface area contributed by atoms with E-state index in [0.717, 1.165) is 44.6 Å². The molecule has 132 valence electrons. The molecule has 8 heteroatoms. The Balaban J connectivity index is 1.35. The van der Waals surface area contributed by atoms with E-state index in [1.165, 1.54) is 0 Å². The minimum Gasteiger partial charge on any atom is -0.380 e. The molecular weight excluding hydrogens is 320 g/mol. The number of rotatable bonds is 5.